The Kier molecular flexibility index (Phi) is 5.35. The summed E-state index contributed by atoms with van der Waals surface area (Å²) in [6.45, 7) is 6.48. The predicted octanol–water partition coefficient (Wildman–Crippen LogP) is 3.56. The molecule has 1 aliphatic carbocycles. The van der Waals surface area contributed by atoms with Crippen molar-refractivity contribution in [2.45, 2.75) is 24.7 Å². The molecule has 0 amide bonds. The highest BCUT2D eigenvalue weighted by Gasteiger charge is 2.56. The molecule has 8 nitrogen and oxygen atoms in total. The van der Waals surface area contributed by atoms with Gasteiger partial charge in [0.15, 0.2) is 15.7 Å². The Morgan fingerprint density at radius 2 is 1.97 bits per heavy atom. The second-order valence-electron chi connectivity index (χ2n) is 9.09. The van der Waals surface area contributed by atoms with Crippen molar-refractivity contribution in [3.05, 3.63) is 48.2 Å². The van der Waals surface area contributed by atoms with E-state index < -0.39 is 15.7 Å². The number of sulfone groups is 1. The average Bonchev–Trinajstić information content (AvgIpc) is 3.15. The standard InChI is InChI=1S/C23H25FN4O4S/c1-13(2)22-26-23(32-27-22)28-10-16-17(11-28)18(16)12-31-15-5-6-20(25-9-15)14-4-7-21(19(24)8-14)33(3,29)30/h4-9,13,16-18H,10-12H2,1-3H3. The Hall–Kier alpha value is -3.01. The van der Waals surface area contributed by atoms with E-state index in [0.29, 0.717) is 47.4 Å². The lowest BCUT2D eigenvalue weighted by atomic mass is 10.1. The first-order valence-electron chi connectivity index (χ1n) is 10.9. The minimum absolute atomic E-state index is 0.242. The van der Waals surface area contributed by atoms with E-state index in [4.69, 9.17) is 9.26 Å². The molecule has 2 atom stereocenters. The van der Waals surface area contributed by atoms with E-state index in [2.05, 4.69) is 20.0 Å². The average molecular weight is 473 g/mol. The van der Waals surface area contributed by atoms with Crippen LogP contribution in [0.5, 0.6) is 5.75 Å². The van der Waals surface area contributed by atoms with Gasteiger partial charge in [0.2, 0.25) is 0 Å². The number of fused-ring (bicyclic) bond motifs is 1. The van der Waals surface area contributed by atoms with Gasteiger partial charge >= 0.3 is 6.01 Å². The smallest absolute Gasteiger partial charge is 0.324 e. The first-order chi connectivity index (χ1) is 15.7. The number of rotatable bonds is 7. The lowest BCUT2D eigenvalue weighted by Gasteiger charge is -2.16. The zero-order valence-corrected chi connectivity index (χ0v) is 19.4. The summed E-state index contributed by atoms with van der Waals surface area (Å²) in [6, 6.07) is 8.13. The van der Waals surface area contributed by atoms with Gasteiger partial charge in [-0.15, -0.1) is 0 Å². The molecule has 0 N–H and O–H groups in total. The molecule has 3 heterocycles. The molecule has 1 aromatic carbocycles. The fraction of sp³-hybridized carbons (Fsp3) is 0.435. The maximum atomic E-state index is 14.2. The Morgan fingerprint density at radius 3 is 2.55 bits per heavy atom. The third-order valence-electron chi connectivity index (χ3n) is 6.40. The number of anilines is 1. The molecule has 1 saturated heterocycles. The number of aromatic nitrogens is 3. The molecular weight excluding hydrogens is 447 g/mol. The third kappa shape index (κ3) is 4.31. The normalized spacial score (nSPS) is 22.0. The summed E-state index contributed by atoms with van der Waals surface area (Å²) in [5.41, 5.74) is 1.05. The highest BCUT2D eigenvalue weighted by Crippen LogP contribution is 2.52. The SMILES string of the molecule is CC(C)c1noc(N2CC3C(COc4ccc(-c5ccc(S(C)(=O)=O)c(F)c5)nc4)C3C2)n1. The van der Waals surface area contributed by atoms with Crippen molar-refractivity contribution in [3.63, 3.8) is 0 Å². The molecule has 10 heteroatoms. The van der Waals surface area contributed by atoms with Gasteiger partial charge < -0.3 is 14.2 Å². The van der Waals surface area contributed by atoms with E-state index in [0.717, 1.165) is 25.2 Å². The van der Waals surface area contributed by atoms with Crippen LogP contribution in [0.1, 0.15) is 25.6 Å². The van der Waals surface area contributed by atoms with E-state index in [1.807, 2.05) is 13.8 Å². The molecule has 5 rings (SSSR count). The molecular formula is C23H25FN4O4S. The minimum atomic E-state index is -3.61. The Balaban J connectivity index is 1.15. The van der Waals surface area contributed by atoms with E-state index in [-0.39, 0.29) is 10.8 Å². The van der Waals surface area contributed by atoms with Gasteiger partial charge in [0.05, 0.1) is 18.5 Å². The van der Waals surface area contributed by atoms with Gasteiger partial charge in [-0.05, 0) is 36.1 Å². The molecule has 2 aromatic heterocycles. The second kappa shape index (κ2) is 8.09. The summed E-state index contributed by atoms with van der Waals surface area (Å²) in [4.78, 5) is 10.6. The van der Waals surface area contributed by atoms with Crippen LogP contribution >= 0.6 is 0 Å². The summed E-state index contributed by atoms with van der Waals surface area (Å²) in [5, 5.41) is 4.04. The van der Waals surface area contributed by atoms with Gasteiger partial charge in [0.1, 0.15) is 16.5 Å². The molecule has 2 fully saturated rings. The lowest BCUT2D eigenvalue weighted by Crippen LogP contribution is -2.25. The minimum Gasteiger partial charge on any atom is -0.492 e. The number of ether oxygens (including phenoxy) is 1. The lowest BCUT2D eigenvalue weighted by molar-refractivity contribution is 0.281. The van der Waals surface area contributed by atoms with E-state index in [1.54, 1.807) is 24.4 Å². The van der Waals surface area contributed by atoms with Gasteiger partial charge in [-0.25, -0.2) is 12.8 Å². The van der Waals surface area contributed by atoms with Crippen molar-refractivity contribution in [2.24, 2.45) is 17.8 Å². The molecule has 2 unspecified atom stereocenters. The summed E-state index contributed by atoms with van der Waals surface area (Å²) in [6.07, 6.45) is 2.59. The van der Waals surface area contributed by atoms with Crippen molar-refractivity contribution in [1.29, 1.82) is 0 Å². The second-order valence-corrected chi connectivity index (χ2v) is 11.1. The quantitative estimate of drug-likeness (QED) is 0.515. The summed E-state index contributed by atoms with van der Waals surface area (Å²) < 4.78 is 48.7. The van der Waals surface area contributed by atoms with Crippen molar-refractivity contribution < 1.29 is 22.1 Å². The van der Waals surface area contributed by atoms with Gasteiger partial charge in [-0.1, -0.05) is 25.1 Å². The highest BCUT2D eigenvalue weighted by molar-refractivity contribution is 7.90. The molecule has 3 aromatic rings. The van der Waals surface area contributed by atoms with Crippen LogP contribution in [-0.4, -0.2) is 49.5 Å². The van der Waals surface area contributed by atoms with Crippen LogP contribution in [0.15, 0.2) is 45.9 Å². The monoisotopic (exact) mass is 472 g/mol. The van der Waals surface area contributed by atoms with E-state index >= 15 is 0 Å². The molecule has 2 aliphatic rings. The number of benzene rings is 1. The number of piperidine rings is 1. The number of halogens is 1. The van der Waals surface area contributed by atoms with Gasteiger partial charge in [-0.2, -0.15) is 4.98 Å². The zero-order chi connectivity index (χ0) is 23.3. The molecule has 1 saturated carbocycles. The number of hydrogen-bond acceptors (Lipinski definition) is 8. The highest BCUT2D eigenvalue weighted by atomic mass is 32.2. The molecule has 33 heavy (non-hydrogen) atoms. The van der Waals surface area contributed by atoms with Crippen molar-refractivity contribution in [1.82, 2.24) is 15.1 Å². The predicted molar refractivity (Wildman–Crippen MR) is 119 cm³/mol. The fourth-order valence-corrected chi connectivity index (χ4v) is 5.16. The molecule has 174 valence electrons. The molecule has 0 spiro atoms. The summed E-state index contributed by atoms with van der Waals surface area (Å²) in [5.74, 6) is 2.44. The van der Waals surface area contributed by atoms with Crippen molar-refractivity contribution in [2.75, 3.05) is 30.9 Å². The zero-order valence-electron chi connectivity index (χ0n) is 18.6. The maximum absolute atomic E-state index is 14.2. The first kappa shape index (κ1) is 21.8. The summed E-state index contributed by atoms with van der Waals surface area (Å²) in [7, 11) is -3.61. The number of nitrogens with zero attached hydrogens (tertiary/aromatic N) is 4. The van der Waals surface area contributed by atoms with E-state index in [1.165, 1.54) is 12.1 Å². The molecule has 0 bridgehead atoms. The fourth-order valence-electron chi connectivity index (χ4n) is 4.43. The van der Waals surface area contributed by atoms with Crippen LogP contribution < -0.4 is 9.64 Å². The van der Waals surface area contributed by atoms with Gasteiger partial charge in [0, 0.05) is 36.7 Å². The third-order valence-corrected chi connectivity index (χ3v) is 7.53. The number of pyridine rings is 1. The van der Waals surface area contributed by atoms with Crippen LogP contribution in [0.3, 0.4) is 0 Å². The first-order valence-corrected chi connectivity index (χ1v) is 12.8. The summed E-state index contributed by atoms with van der Waals surface area (Å²) >= 11 is 0. The van der Waals surface area contributed by atoms with Gasteiger partial charge in [0.25, 0.3) is 0 Å². The van der Waals surface area contributed by atoms with Crippen LogP contribution in [0.4, 0.5) is 10.4 Å². The number of hydrogen-bond donors (Lipinski definition) is 0. The van der Waals surface area contributed by atoms with Crippen molar-refractivity contribution in [3.8, 4) is 17.0 Å². The largest absolute Gasteiger partial charge is 0.492 e. The van der Waals surface area contributed by atoms with Crippen LogP contribution in [0, 0.1) is 23.6 Å². The molecule has 0 radical (unpaired) electrons. The van der Waals surface area contributed by atoms with Crippen LogP contribution in [-0.2, 0) is 9.84 Å². The van der Waals surface area contributed by atoms with Crippen molar-refractivity contribution >= 4 is 15.9 Å². The Morgan fingerprint density at radius 1 is 1.21 bits per heavy atom. The Labute approximate surface area is 191 Å². The van der Waals surface area contributed by atoms with Crippen LogP contribution in [0.25, 0.3) is 11.3 Å². The van der Waals surface area contributed by atoms with E-state index in [9.17, 15) is 12.8 Å². The van der Waals surface area contributed by atoms with Gasteiger partial charge in [-0.3, -0.25) is 4.98 Å². The topological polar surface area (TPSA) is 98.4 Å². The Bertz CT molecular complexity index is 1260. The maximum Gasteiger partial charge on any atom is 0.324 e. The molecule has 1 aliphatic heterocycles. The van der Waals surface area contributed by atoms with Crippen LogP contribution in [0.2, 0.25) is 0 Å².